The molecule has 1 aliphatic rings. The summed E-state index contributed by atoms with van der Waals surface area (Å²) in [6.45, 7) is 3.09. The molecule has 14 heavy (non-hydrogen) atoms. The quantitative estimate of drug-likeness (QED) is 0.706. The minimum Gasteiger partial charge on any atom is -0.326 e. The van der Waals surface area contributed by atoms with Crippen LogP contribution in [0.25, 0.3) is 0 Å². The number of hydrogen-bond donors (Lipinski definition) is 0. The van der Waals surface area contributed by atoms with Gasteiger partial charge in [-0.3, -0.25) is 0 Å². The highest BCUT2D eigenvalue weighted by Gasteiger charge is 2.11. The third kappa shape index (κ3) is 1.69. The van der Waals surface area contributed by atoms with E-state index in [1.807, 2.05) is 24.4 Å². The molecule has 0 spiro atoms. The highest BCUT2D eigenvalue weighted by molar-refractivity contribution is 5.49. The molecule has 0 bridgehead atoms. The fourth-order valence-electron chi connectivity index (χ4n) is 1.62. The average Bonchev–Trinajstić information content (AvgIpc) is 2.30. The van der Waals surface area contributed by atoms with E-state index in [2.05, 4.69) is 35.0 Å². The maximum Gasteiger partial charge on any atom is 0.132 e. The van der Waals surface area contributed by atoms with E-state index in [9.17, 15) is 0 Å². The predicted molar refractivity (Wildman–Crippen MR) is 59.1 cm³/mol. The van der Waals surface area contributed by atoms with E-state index < -0.39 is 0 Å². The Kier molecular flexibility index (Phi) is 2.63. The molecule has 0 fully saturated rings. The van der Waals surface area contributed by atoms with Crippen LogP contribution in [0.5, 0.6) is 0 Å². The molecule has 0 saturated carbocycles. The fourth-order valence-corrected chi connectivity index (χ4v) is 1.62. The molecule has 1 aromatic rings. The summed E-state index contributed by atoms with van der Waals surface area (Å²) in [4.78, 5) is 6.59. The van der Waals surface area contributed by atoms with Gasteiger partial charge in [-0.15, -0.1) is 0 Å². The number of pyridine rings is 1. The molecule has 1 aromatic heterocycles. The van der Waals surface area contributed by atoms with Crippen LogP contribution in [0, 0.1) is 0 Å². The zero-order chi connectivity index (χ0) is 9.80. The van der Waals surface area contributed by atoms with Crippen LogP contribution in [0.1, 0.15) is 13.3 Å². The lowest BCUT2D eigenvalue weighted by atomic mass is 10.2. The first-order valence-electron chi connectivity index (χ1n) is 4.96. The monoisotopic (exact) mass is 186 g/mol. The molecule has 0 unspecified atom stereocenters. The fraction of sp³-hybridized carbons (Fsp3) is 0.250. The second-order valence-corrected chi connectivity index (χ2v) is 3.24. The van der Waals surface area contributed by atoms with Gasteiger partial charge in [0.2, 0.25) is 0 Å². The second kappa shape index (κ2) is 4.09. The summed E-state index contributed by atoms with van der Waals surface area (Å²) >= 11 is 0. The number of aromatic nitrogens is 1. The van der Waals surface area contributed by atoms with Crippen LogP contribution < -0.4 is 4.90 Å². The number of hydrogen-bond acceptors (Lipinski definition) is 2. The molecule has 0 aromatic carbocycles. The van der Waals surface area contributed by atoms with Crippen LogP contribution in [0.15, 0.2) is 48.3 Å². The smallest absolute Gasteiger partial charge is 0.132 e. The molecule has 1 aliphatic heterocycles. The molecule has 0 radical (unpaired) electrons. The molecule has 2 heterocycles. The summed E-state index contributed by atoms with van der Waals surface area (Å²) in [5.74, 6) is 1.03. The largest absolute Gasteiger partial charge is 0.326 e. The van der Waals surface area contributed by atoms with Crippen molar-refractivity contribution in [1.82, 2.24) is 4.98 Å². The van der Waals surface area contributed by atoms with Crippen LogP contribution in [0.2, 0.25) is 0 Å². The summed E-state index contributed by atoms with van der Waals surface area (Å²) in [5, 5.41) is 0. The van der Waals surface area contributed by atoms with Gasteiger partial charge in [0, 0.05) is 18.4 Å². The SMILES string of the molecule is CCC1=CC=CCN1c1ccccn1. The molecule has 2 rings (SSSR count). The molecule has 0 aliphatic carbocycles. The van der Waals surface area contributed by atoms with Crippen LogP contribution in [0.4, 0.5) is 5.82 Å². The van der Waals surface area contributed by atoms with Crippen molar-refractivity contribution in [2.45, 2.75) is 13.3 Å². The zero-order valence-electron chi connectivity index (χ0n) is 8.35. The lowest BCUT2D eigenvalue weighted by Gasteiger charge is -2.26. The van der Waals surface area contributed by atoms with Gasteiger partial charge in [0.25, 0.3) is 0 Å². The lowest BCUT2D eigenvalue weighted by Crippen LogP contribution is -2.24. The van der Waals surface area contributed by atoms with E-state index in [0.717, 1.165) is 18.8 Å². The Hall–Kier alpha value is -1.57. The minimum atomic E-state index is 0.927. The molecular weight excluding hydrogens is 172 g/mol. The van der Waals surface area contributed by atoms with Gasteiger partial charge < -0.3 is 4.90 Å². The van der Waals surface area contributed by atoms with Crippen molar-refractivity contribution < 1.29 is 0 Å². The Morgan fingerprint density at radius 2 is 2.36 bits per heavy atom. The van der Waals surface area contributed by atoms with Gasteiger partial charge in [0.1, 0.15) is 5.82 Å². The second-order valence-electron chi connectivity index (χ2n) is 3.24. The number of rotatable bonds is 2. The predicted octanol–water partition coefficient (Wildman–Crippen LogP) is 2.75. The highest BCUT2D eigenvalue weighted by Crippen LogP contribution is 2.20. The van der Waals surface area contributed by atoms with Crippen molar-refractivity contribution >= 4 is 5.82 Å². The standard InChI is InChI=1S/C12H14N2/c1-2-11-7-4-6-10-14(11)12-8-3-5-9-13-12/h3-9H,2,10H2,1H3. The summed E-state index contributed by atoms with van der Waals surface area (Å²) in [6, 6.07) is 6.01. The number of nitrogens with zero attached hydrogens (tertiary/aromatic N) is 2. The maximum absolute atomic E-state index is 4.35. The van der Waals surface area contributed by atoms with Gasteiger partial charge in [-0.1, -0.05) is 25.1 Å². The first kappa shape index (κ1) is 9.00. The molecular formula is C12H14N2. The molecule has 72 valence electrons. The van der Waals surface area contributed by atoms with Gasteiger partial charge >= 0.3 is 0 Å². The normalized spacial score (nSPS) is 15.5. The van der Waals surface area contributed by atoms with E-state index in [1.54, 1.807) is 0 Å². The Labute approximate surface area is 84.6 Å². The highest BCUT2D eigenvalue weighted by atomic mass is 15.2. The number of allylic oxidation sites excluding steroid dienone is 3. The minimum absolute atomic E-state index is 0.927. The Morgan fingerprint density at radius 3 is 3.07 bits per heavy atom. The molecule has 0 N–H and O–H groups in total. The topological polar surface area (TPSA) is 16.1 Å². The van der Waals surface area contributed by atoms with Crippen molar-refractivity contribution in [3.8, 4) is 0 Å². The van der Waals surface area contributed by atoms with E-state index in [0.29, 0.717) is 0 Å². The van der Waals surface area contributed by atoms with Crippen molar-refractivity contribution in [3.63, 3.8) is 0 Å². The van der Waals surface area contributed by atoms with E-state index in [4.69, 9.17) is 0 Å². The van der Waals surface area contributed by atoms with Crippen LogP contribution in [-0.4, -0.2) is 11.5 Å². The third-order valence-corrected chi connectivity index (χ3v) is 2.35. The summed E-state index contributed by atoms with van der Waals surface area (Å²) in [6.07, 6.45) is 9.28. The third-order valence-electron chi connectivity index (χ3n) is 2.35. The zero-order valence-corrected chi connectivity index (χ0v) is 8.35. The van der Waals surface area contributed by atoms with Gasteiger partial charge in [-0.05, 0) is 24.6 Å². The van der Waals surface area contributed by atoms with Gasteiger partial charge in [0.15, 0.2) is 0 Å². The van der Waals surface area contributed by atoms with Crippen LogP contribution in [0.3, 0.4) is 0 Å². The molecule has 0 saturated heterocycles. The first-order valence-corrected chi connectivity index (χ1v) is 4.96. The molecule has 0 amide bonds. The van der Waals surface area contributed by atoms with Crippen molar-refractivity contribution in [2.75, 3.05) is 11.4 Å². The Bertz CT molecular complexity index is 352. The number of anilines is 1. The summed E-state index contributed by atoms with van der Waals surface area (Å²) < 4.78 is 0. The van der Waals surface area contributed by atoms with E-state index in [-0.39, 0.29) is 0 Å². The van der Waals surface area contributed by atoms with Crippen LogP contribution in [-0.2, 0) is 0 Å². The molecule has 2 heteroatoms. The van der Waals surface area contributed by atoms with Crippen LogP contribution >= 0.6 is 0 Å². The average molecular weight is 186 g/mol. The molecule has 2 nitrogen and oxygen atoms in total. The lowest BCUT2D eigenvalue weighted by molar-refractivity contribution is 0.898. The first-order chi connectivity index (χ1) is 6.92. The van der Waals surface area contributed by atoms with Crippen molar-refractivity contribution in [1.29, 1.82) is 0 Å². The van der Waals surface area contributed by atoms with Crippen molar-refractivity contribution in [2.24, 2.45) is 0 Å². The van der Waals surface area contributed by atoms with E-state index >= 15 is 0 Å². The Morgan fingerprint density at radius 1 is 1.43 bits per heavy atom. The summed E-state index contributed by atoms with van der Waals surface area (Å²) in [5.41, 5.74) is 1.33. The maximum atomic E-state index is 4.35. The van der Waals surface area contributed by atoms with E-state index in [1.165, 1.54) is 5.70 Å². The van der Waals surface area contributed by atoms with Gasteiger partial charge in [0.05, 0.1) is 0 Å². The van der Waals surface area contributed by atoms with Gasteiger partial charge in [-0.2, -0.15) is 0 Å². The van der Waals surface area contributed by atoms with Crippen molar-refractivity contribution in [3.05, 3.63) is 48.3 Å². The van der Waals surface area contributed by atoms with Gasteiger partial charge in [-0.25, -0.2) is 4.98 Å². The molecule has 0 atom stereocenters. The Balaban J connectivity index is 2.27. The summed E-state index contributed by atoms with van der Waals surface area (Å²) in [7, 11) is 0.